The Balaban J connectivity index is 2.78. The first-order valence-electron chi connectivity index (χ1n) is 3.07. The molecule has 0 radical (unpaired) electrons. The van der Waals surface area contributed by atoms with Crippen LogP contribution in [-0.2, 0) is 9.84 Å². The maximum absolute atomic E-state index is 11.0. The standard InChI is InChI=1S/C5H10O3S2/c6-2-5-1-4(9)3-10(5,7)8/h4-6,9H,1-3H2. The van der Waals surface area contributed by atoms with Crippen LogP contribution in [0.25, 0.3) is 0 Å². The first-order valence-corrected chi connectivity index (χ1v) is 5.30. The SMILES string of the molecule is O=S1(=O)CC(S)CC1CO. The van der Waals surface area contributed by atoms with E-state index < -0.39 is 15.1 Å². The largest absolute Gasteiger partial charge is 0.395 e. The summed E-state index contributed by atoms with van der Waals surface area (Å²) in [5.41, 5.74) is 0. The lowest BCUT2D eigenvalue weighted by atomic mass is 10.3. The molecule has 0 amide bonds. The third-order valence-corrected chi connectivity index (χ3v) is 4.54. The molecule has 1 rings (SSSR count). The predicted octanol–water partition coefficient (Wildman–Crippen LogP) is -0.536. The molecule has 0 aliphatic carbocycles. The van der Waals surface area contributed by atoms with E-state index in [2.05, 4.69) is 12.6 Å². The minimum atomic E-state index is -3.01. The van der Waals surface area contributed by atoms with Gasteiger partial charge in [-0.05, 0) is 6.42 Å². The van der Waals surface area contributed by atoms with Gasteiger partial charge in [-0.15, -0.1) is 0 Å². The first kappa shape index (κ1) is 8.36. The van der Waals surface area contributed by atoms with Crippen LogP contribution >= 0.6 is 12.6 Å². The first-order chi connectivity index (χ1) is 4.56. The van der Waals surface area contributed by atoms with E-state index in [0.717, 1.165) is 0 Å². The molecule has 5 heteroatoms. The van der Waals surface area contributed by atoms with Crippen LogP contribution in [0.2, 0.25) is 0 Å². The maximum Gasteiger partial charge on any atom is 0.156 e. The van der Waals surface area contributed by atoms with Crippen molar-refractivity contribution in [3.63, 3.8) is 0 Å². The molecule has 60 valence electrons. The van der Waals surface area contributed by atoms with Crippen LogP contribution in [0.5, 0.6) is 0 Å². The quantitative estimate of drug-likeness (QED) is 0.536. The fraction of sp³-hybridized carbons (Fsp3) is 1.00. The van der Waals surface area contributed by atoms with Crippen molar-refractivity contribution < 1.29 is 13.5 Å². The highest BCUT2D eigenvalue weighted by Gasteiger charge is 2.35. The summed E-state index contributed by atoms with van der Waals surface area (Å²) in [7, 11) is -3.01. The fourth-order valence-electron chi connectivity index (χ4n) is 1.11. The Bertz CT molecular complexity index is 209. The number of aliphatic hydroxyl groups excluding tert-OH is 1. The summed E-state index contributed by atoms with van der Waals surface area (Å²) in [4.78, 5) is 0. The van der Waals surface area contributed by atoms with Crippen molar-refractivity contribution in [2.45, 2.75) is 16.9 Å². The van der Waals surface area contributed by atoms with Crippen LogP contribution in [-0.4, -0.2) is 36.4 Å². The van der Waals surface area contributed by atoms with E-state index in [0.29, 0.717) is 6.42 Å². The van der Waals surface area contributed by atoms with Crippen LogP contribution in [0.15, 0.2) is 0 Å². The number of sulfone groups is 1. The summed E-state index contributed by atoms with van der Waals surface area (Å²) in [6.45, 7) is -0.264. The Morgan fingerprint density at radius 1 is 1.60 bits per heavy atom. The van der Waals surface area contributed by atoms with E-state index >= 15 is 0 Å². The van der Waals surface area contributed by atoms with Gasteiger partial charge in [0.25, 0.3) is 0 Å². The number of rotatable bonds is 1. The molecule has 1 N–H and O–H groups in total. The highest BCUT2D eigenvalue weighted by atomic mass is 32.2. The predicted molar refractivity (Wildman–Crippen MR) is 42.1 cm³/mol. The van der Waals surface area contributed by atoms with Gasteiger partial charge in [0, 0.05) is 5.25 Å². The number of thiol groups is 1. The van der Waals surface area contributed by atoms with Gasteiger partial charge in [0.05, 0.1) is 17.6 Å². The molecule has 2 atom stereocenters. The molecule has 1 heterocycles. The lowest BCUT2D eigenvalue weighted by molar-refractivity contribution is 0.289. The summed E-state index contributed by atoms with van der Waals surface area (Å²) in [6.07, 6.45) is 0.488. The van der Waals surface area contributed by atoms with E-state index in [1.165, 1.54) is 0 Å². The molecule has 1 aliphatic heterocycles. The minimum absolute atomic E-state index is 0.0813. The van der Waals surface area contributed by atoms with Crippen molar-refractivity contribution in [3.05, 3.63) is 0 Å². The molecule has 0 aromatic rings. The smallest absolute Gasteiger partial charge is 0.156 e. The van der Waals surface area contributed by atoms with Crippen LogP contribution in [0.3, 0.4) is 0 Å². The second-order valence-electron chi connectivity index (χ2n) is 2.52. The van der Waals surface area contributed by atoms with Gasteiger partial charge in [-0.25, -0.2) is 8.42 Å². The van der Waals surface area contributed by atoms with Crippen molar-refractivity contribution in [3.8, 4) is 0 Å². The van der Waals surface area contributed by atoms with Crippen molar-refractivity contribution >= 4 is 22.5 Å². The normalized spacial score (nSPS) is 38.2. The second kappa shape index (κ2) is 2.71. The molecule has 3 nitrogen and oxygen atoms in total. The van der Waals surface area contributed by atoms with Crippen LogP contribution < -0.4 is 0 Å². The van der Waals surface area contributed by atoms with E-state index in [1.54, 1.807) is 0 Å². The topological polar surface area (TPSA) is 54.4 Å². The van der Waals surface area contributed by atoms with Gasteiger partial charge >= 0.3 is 0 Å². The molecular formula is C5H10O3S2. The number of hydrogen-bond donors (Lipinski definition) is 2. The average Bonchev–Trinajstić information content (AvgIpc) is 2.04. The molecule has 2 unspecified atom stereocenters. The number of hydrogen-bond acceptors (Lipinski definition) is 4. The summed E-state index contributed by atoms with van der Waals surface area (Å²) < 4.78 is 22.0. The van der Waals surface area contributed by atoms with Gasteiger partial charge in [-0.2, -0.15) is 12.6 Å². The van der Waals surface area contributed by atoms with E-state index in [9.17, 15) is 8.42 Å². The Hall–Kier alpha value is 0.260. The maximum atomic E-state index is 11.0. The zero-order chi connectivity index (χ0) is 7.78. The summed E-state index contributed by atoms with van der Waals surface area (Å²) in [5.74, 6) is 0.112. The molecule has 1 fully saturated rings. The molecule has 0 aromatic heterocycles. The van der Waals surface area contributed by atoms with E-state index in [-0.39, 0.29) is 17.6 Å². The fourth-order valence-corrected chi connectivity index (χ4v) is 3.83. The lowest BCUT2D eigenvalue weighted by Gasteiger charge is -2.01. The summed E-state index contributed by atoms with van der Waals surface area (Å²) in [5, 5.41) is 7.96. The Labute approximate surface area is 65.8 Å². The van der Waals surface area contributed by atoms with Gasteiger partial charge in [-0.1, -0.05) is 0 Å². The molecule has 0 aromatic carbocycles. The molecular weight excluding hydrogens is 172 g/mol. The molecule has 10 heavy (non-hydrogen) atoms. The lowest BCUT2D eigenvalue weighted by Crippen LogP contribution is -2.19. The summed E-state index contributed by atoms with van der Waals surface area (Å²) in [6, 6.07) is 0. The zero-order valence-electron chi connectivity index (χ0n) is 5.40. The van der Waals surface area contributed by atoms with Crippen LogP contribution in [0.4, 0.5) is 0 Å². The molecule has 0 spiro atoms. The van der Waals surface area contributed by atoms with Gasteiger partial charge < -0.3 is 5.11 Å². The minimum Gasteiger partial charge on any atom is -0.395 e. The Kier molecular flexibility index (Phi) is 2.27. The highest BCUT2D eigenvalue weighted by Crippen LogP contribution is 2.23. The van der Waals surface area contributed by atoms with Crippen molar-refractivity contribution in [2.24, 2.45) is 0 Å². The Morgan fingerprint density at radius 3 is 2.40 bits per heavy atom. The third-order valence-electron chi connectivity index (χ3n) is 1.67. The summed E-state index contributed by atoms with van der Waals surface area (Å²) >= 11 is 4.03. The molecule has 1 saturated heterocycles. The van der Waals surface area contributed by atoms with Crippen LogP contribution in [0, 0.1) is 0 Å². The number of aliphatic hydroxyl groups is 1. The molecule has 1 aliphatic rings. The monoisotopic (exact) mass is 182 g/mol. The van der Waals surface area contributed by atoms with E-state index in [1.807, 2.05) is 0 Å². The van der Waals surface area contributed by atoms with Gasteiger partial charge in [0.15, 0.2) is 9.84 Å². The van der Waals surface area contributed by atoms with Gasteiger partial charge in [0.1, 0.15) is 0 Å². The third kappa shape index (κ3) is 1.46. The zero-order valence-corrected chi connectivity index (χ0v) is 7.11. The van der Waals surface area contributed by atoms with Crippen molar-refractivity contribution in [1.29, 1.82) is 0 Å². The van der Waals surface area contributed by atoms with E-state index in [4.69, 9.17) is 5.11 Å². The molecule has 0 saturated carbocycles. The van der Waals surface area contributed by atoms with Crippen molar-refractivity contribution in [2.75, 3.05) is 12.4 Å². The van der Waals surface area contributed by atoms with Gasteiger partial charge in [0.2, 0.25) is 0 Å². The molecule has 0 bridgehead atoms. The second-order valence-corrected chi connectivity index (χ2v) is 5.58. The van der Waals surface area contributed by atoms with Crippen LogP contribution in [0.1, 0.15) is 6.42 Å². The van der Waals surface area contributed by atoms with Crippen molar-refractivity contribution in [1.82, 2.24) is 0 Å². The Morgan fingerprint density at radius 2 is 2.20 bits per heavy atom. The highest BCUT2D eigenvalue weighted by molar-refractivity contribution is 7.94. The average molecular weight is 182 g/mol. The van der Waals surface area contributed by atoms with Gasteiger partial charge in [-0.3, -0.25) is 0 Å².